The molecule has 96 valence electrons. The summed E-state index contributed by atoms with van der Waals surface area (Å²) in [5.41, 5.74) is 0. The molecule has 0 aromatic heterocycles. The van der Waals surface area contributed by atoms with Crippen LogP contribution in [-0.4, -0.2) is 27.4 Å². The summed E-state index contributed by atoms with van der Waals surface area (Å²) >= 11 is 0. The molecule has 0 saturated heterocycles. The van der Waals surface area contributed by atoms with E-state index < -0.39 is 9.05 Å². The van der Waals surface area contributed by atoms with E-state index in [1.165, 1.54) is 19.3 Å². The second-order valence-electron chi connectivity index (χ2n) is 4.80. The highest BCUT2D eigenvalue weighted by Gasteiger charge is 2.17. The average Bonchev–Trinajstić information content (AvgIpc) is 2.10. The zero-order valence-electron chi connectivity index (χ0n) is 9.82. The Morgan fingerprint density at radius 3 is 2.56 bits per heavy atom. The quantitative estimate of drug-likeness (QED) is 0.502. The molecular formula is C11H21ClO3S. The molecule has 0 aliphatic heterocycles. The molecule has 1 rings (SSSR count). The van der Waals surface area contributed by atoms with Gasteiger partial charge in [-0.2, -0.15) is 0 Å². The minimum atomic E-state index is -3.33. The molecule has 16 heavy (non-hydrogen) atoms. The third kappa shape index (κ3) is 6.71. The van der Waals surface area contributed by atoms with Crippen LogP contribution < -0.4 is 0 Å². The van der Waals surface area contributed by atoms with Crippen LogP contribution in [0.25, 0.3) is 0 Å². The summed E-state index contributed by atoms with van der Waals surface area (Å²) in [6.07, 6.45) is 5.50. The van der Waals surface area contributed by atoms with Gasteiger partial charge in [-0.3, -0.25) is 0 Å². The largest absolute Gasteiger partial charge is 0.381 e. The van der Waals surface area contributed by atoms with Crippen molar-refractivity contribution >= 4 is 19.7 Å². The van der Waals surface area contributed by atoms with Gasteiger partial charge in [-0.05, 0) is 37.5 Å². The second kappa shape index (κ2) is 6.82. The Hall–Kier alpha value is 0.200. The number of halogens is 1. The second-order valence-corrected chi connectivity index (χ2v) is 7.69. The first-order valence-electron chi connectivity index (χ1n) is 5.97. The van der Waals surface area contributed by atoms with E-state index in [-0.39, 0.29) is 5.75 Å². The minimum Gasteiger partial charge on any atom is -0.381 e. The first-order valence-corrected chi connectivity index (χ1v) is 8.45. The van der Waals surface area contributed by atoms with Crippen molar-refractivity contribution in [3.8, 4) is 0 Å². The fourth-order valence-corrected chi connectivity index (χ4v) is 2.63. The van der Waals surface area contributed by atoms with Gasteiger partial charge in [0.1, 0.15) is 0 Å². The number of hydrogen-bond acceptors (Lipinski definition) is 3. The van der Waals surface area contributed by atoms with E-state index >= 15 is 0 Å². The molecule has 3 nitrogen and oxygen atoms in total. The molecule has 0 aromatic carbocycles. The lowest BCUT2D eigenvalue weighted by molar-refractivity contribution is 0.0630. The van der Waals surface area contributed by atoms with E-state index in [4.69, 9.17) is 15.4 Å². The molecule has 1 aliphatic carbocycles. The third-order valence-electron chi connectivity index (χ3n) is 3.19. The number of hydrogen-bond donors (Lipinski definition) is 0. The van der Waals surface area contributed by atoms with Gasteiger partial charge in [0, 0.05) is 23.9 Å². The van der Waals surface area contributed by atoms with Crippen LogP contribution in [0.3, 0.4) is 0 Å². The van der Waals surface area contributed by atoms with Crippen molar-refractivity contribution in [3.05, 3.63) is 0 Å². The van der Waals surface area contributed by atoms with Crippen molar-refractivity contribution in [2.24, 2.45) is 11.8 Å². The highest BCUT2D eigenvalue weighted by Crippen LogP contribution is 2.26. The maximum absolute atomic E-state index is 10.7. The molecule has 5 heteroatoms. The Kier molecular flexibility index (Phi) is 6.08. The van der Waals surface area contributed by atoms with Gasteiger partial charge in [-0.25, -0.2) is 8.42 Å². The SMILES string of the molecule is CC(CCOCC1CCC1)CCS(=O)(=O)Cl. The van der Waals surface area contributed by atoms with Crippen molar-refractivity contribution in [2.75, 3.05) is 19.0 Å². The molecule has 0 spiro atoms. The van der Waals surface area contributed by atoms with Crippen LogP contribution in [0.2, 0.25) is 0 Å². The predicted molar refractivity (Wildman–Crippen MR) is 66.2 cm³/mol. The maximum atomic E-state index is 10.7. The molecule has 1 aliphatic rings. The van der Waals surface area contributed by atoms with Crippen LogP contribution in [0.5, 0.6) is 0 Å². The van der Waals surface area contributed by atoms with Crippen molar-refractivity contribution in [2.45, 2.75) is 39.0 Å². The predicted octanol–water partition coefficient (Wildman–Crippen LogP) is 2.79. The van der Waals surface area contributed by atoms with E-state index in [0.29, 0.717) is 12.3 Å². The van der Waals surface area contributed by atoms with E-state index in [9.17, 15) is 8.42 Å². The zero-order valence-corrected chi connectivity index (χ0v) is 11.4. The Labute approximate surface area is 103 Å². The molecule has 0 amide bonds. The van der Waals surface area contributed by atoms with E-state index in [2.05, 4.69) is 0 Å². The van der Waals surface area contributed by atoms with Crippen LogP contribution in [-0.2, 0) is 13.8 Å². The van der Waals surface area contributed by atoms with Crippen LogP contribution in [0.1, 0.15) is 39.0 Å². The van der Waals surface area contributed by atoms with Crippen LogP contribution in [0.4, 0.5) is 0 Å². The van der Waals surface area contributed by atoms with Gasteiger partial charge in [0.2, 0.25) is 9.05 Å². The first kappa shape index (κ1) is 14.3. The van der Waals surface area contributed by atoms with Crippen LogP contribution in [0.15, 0.2) is 0 Å². The van der Waals surface area contributed by atoms with Gasteiger partial charge in [0.25, 0.3) is 0 Å². The molecule has 0 heterocycles. The summed E-state index contributed by atoms with van der Waals surface area (Å²) in [6, 6.07) is 0. The number of ether oxygens (including phenoxy) is 1. The van der Waals surface area contributed by atoms with Crippen molar-refractivity contribution in [3.63, 3.8) is 0 Å². The Morgan fingerprint density at radius 2 is 2.06 bits per heavy atom. The normalized spacial score (nSPS) is 19.4. The van der Waals surface area contributed by atoms with Crippen molar-refractivity contribution in [1.29, 1.82) is 0 Å². The maximum Gasteiger partial charge on any atom is 0.232 e. The van der Waals surface area contributed by atoms with Gasteiger partial charge in [0.15, 0.2) is 0 Å². The molecule has 1 atom stereocenters. The molecule has 0 N–H and O–H groups in total. The average molecular weight is 269 g/mol. The topological polar surface area (TPSA) is 43.4 Å². The third-order valence-corrected chi connectivity index (χ3v) is 4.37. The summed E-state index contributed by atoms with van der Waals surface area (Å²) in [4.78, 5) is 0. The van der Waals surface area contributed by atoms with Gasteiger partial charge in [-0.1, -0.05) is 13.3 Å². The standard InChI is InChI=1S/C11H21ClO3S/c1-10(6-8-16(12,13)14)5-7-15-9-11-3-2-4-11/h10-11H,2-9H2,1H3. The fraction of sp³-hybridized carbons (Fsp3) is 1.00. The lowest BCUT2D eigenvalue weighted by Crippen LogP contribution is -2.18. The summed E-state index contributed by atoms with van der Waals surface area (Å²) in [7, 11) is 1.82. The molecule has 0 aromatic rings. The van der Waals surface area contributed by atoms with Gasteiger partial charge in [-0.15, -0.1) is 0 Å². The van der Waals surface area contributed by atoms with Crippen molar-refractivity contribution < 1.29 is 13.2 Å². The van der Waals surface area contributed by atoms with Gasteiger partial charge in [0.05, 0.1) is 5.75 Å². The Bertz CT molecular complexity index is 286. The van der Waals surface area contributed by atoms with Gasteiger partial charge >= 0.3 is 0 Å². The zero-order chi connectivity index (χ0) is 12.0. The fourth-order valence-electron chi connectivity index (χ4n) is 1.68. The van der Waals surface area contributed by atoms with Gasteiger partial charge < -0.3 is 4.74 Å². The molecule has 1 saturated carbocycles. The summed E-state index contributed by atoms with van der Waals surface area (Å²) < 4.78 is 27.0. The molecule has 1 fully saturated rings. The van der Waals surface area contributed by atoms with Crippen molar-refractivity contribution in [1.82, 2.24) is 0 Å². The van der Waals surface area contributed by atoms with E-state index in [1.54, 1.807) is 0 Å². The Morgan fingerprint density at radius 1 is 1.38 bits per heavy atom. The Balaban J connectivity index is 1.95. The lowest BCUT2D eigenvalue weighted by Gasteiger charge is -2.25. The molecule has 0 bridgehead atoms. The summed E-state index contributed by atoms with van der Waals surface area (Å²) in [5, 5.41) is 0. The monoisotopic (exact) mass is 268 g/mol. The summed E-state index contributed by atoms with van der Waals surface area (Å²) in [5.74, 6) is 1.20. The minimum absolute atomic E-state index is 0.0678. The lowest BCUT2D eigenvalue weighted by atomic mass is 9.86. The highest BCUT2D eigenvalue weighted by molar-refractivity contribution is 8.13. The van der Waals surface area contributed by atoms with Crippen LogP contribution in [0, 0.1) is 11.8 Å². The molecule has 1 unspecified atom stereocenters. The molecule has 0 radical (unpaired) electrons. The highest BCUT2D eigenvalue weighted by atomic mass is 35.7. The molecular weight excluding hydrogens is 248 g/mol. The van der Waals surface area contributed by atoms with E-state index in [1.807, 2.05) is 6.92 Å². The number of rotatable bonds is 8. The van der Waals surface area contributed by atoms with E-state index in [0.717, 1.165) is 25.6 Å². The van der Waals surface area contributed by atoms with Crippen LogP contribution >= 0.6 is 10.7 Å². The smallest absolute Gasteiger partial charge is 0.232 e. The summed E-state index contributed by atoms with van der Waals surface area (Å²) in [6.45, 7) is 3.65. The first-order chi connectivity index (χ1) is 7.47.